The highest BCUT2D eigenvalue weighted by Gasteiger charge is 2.14. The Balaban J connectivity index is 3.77. The first kappa shape index (κ1) is 13.9. The molecular weight excluding hydrogens is 196 g/mol. The number of aliphatic carboxylic acids is 1. The summed E-state index contributed by atoms with van der Waals surface area (Å²) in [5.74, 6) is -1.77. The van der Waals surface area contributed by atoms with E-state index in [1.807, 2.05) is 6.92 Å². The third kappa shape index (κ3) is 7.97. The van der Waals surface area contributed by atoms with Crippen LogP contribution in [0.4, 0.5) is 0 Å². The largest absolute Gasteiger partial charge is 0.481 e. The van der Waals surface area contributed by atoms with E-state index in [-0.39, 0.29) is 6.10 Å². The quantitative estimate of drug-likeness (QED) is 0.384. The smallest absolute Gasteiger partial charge is 0.317 e. The molecule has 0 spiro atoms. The standard InChI is InChI=1S/C11H20O4/c1-3-5-6-7-9(4-2)15-11(14)8-10(12)13/h9H,3-8H2,1-2H3,(H,12,13). The second kappa shape index (κ2) is 8.26. The van der Waals surface area contributed by atoms with Gasteiger partial charge in [0.1, 0.15) is 12.5 Å². The Hall–Kier alpha value is -1.06. The molecule has 4 heteroatoms. The van der Waals surface area contributed by atoms with Gasteiger partial charge in [0, 0.05) is 0 Å². The van der Waals surface area contributed by atoms with E-state index >= 15 is 0 Å². The van der Waals surface area contributed by atoms with E-state index < -0.39 is 18.4 Å². The molecular formula is C11H20O4. The number of carboxylic acid groups (broad SMARTS) is 1. The highest BCUT2D eigenvalue weighted by molar-refractivity contribution is 5.90. The maximum atomic E-state index is 11.1. The lowest BCUT2D eigenvalue weighted by atomic mass is 10.1. The first-order valence-electron chi connectivity index (χ1n) is 5.51. The predicted octanol–water partition coefficient (Wildman–Crippen LogP) is 2.36. The van der Waals surface area contributed by atoms with E-state index in [9.17, 15) is 9.59 Å². The molecule has 0 aromatic carbocycles. The molecule has 0 saturated heterocycles. The maximum absolute atomic E-state index is 11.1. The number of rotatable bonds is 8. The van der Waals surface area contributed by atoms with E-state index in [1.165, 1.54) is 0 Å². The highest BCUT2D eigenvalue weighted by Crippen LogP contribution is 2.10. The van der Waals surface area contributed by atoms with Crippen LogP contribution >= 0.6 is 0 Å². The summed E-state index contributed by atoms with van der Waals surface area (Å²) < 4.78 is 5.04. The average Bonchev–Trinajstić information content (AvgIpc) is 2.15. The van der Waals surface area contributed by atoms with Crippen LogP contribution in [0, 0.1) is 0 Å². The molecule has 0 saturated carbocycles. The SMILES string of the molecule is CCCCCC(CC)OC(=O)CC(=O)O. The minimum absolute atomic E-state index is 0.122. The monoisotopic (exact) mass is 216 g/mol. The lowest BCUT2D eigenvalue weighted by molar-refractivity contribution is -0.155. The van der Waals surface area contributed by atoms with Crippen molar-refractivity contribution in [2.24, 2.45) is 0 Å². The van der Waals surface area contributed by atoms with Gasteiger partial charge < -0.3 is 9.84 Å². The van der Waals surface area contributed by atoms with Crippen LogP contribution in [-0.4, -0.2) is 23.1 Å². The van der Waals surface area contributed by atoms with Crippen LogP contribution in [-0.2, 0) is 14.3 Å². The van der Waals surface area contributed by atoms with Gasteiger partial charge in [-0.1, -0.05) is 26.7 Å². The van der Waals surface area contributed by atoms with Crippen LogP contribution in [0.15, 0.2) is 0 Å². The molecule has 88 valence electrons. The van der Waals surface area contributed by atoms with Gasteiger partial charge in [0.15, 0.2) is 0 Å². The molecule has 0 aliphatic heterocycles. The van der Waals surface area contributed by atoms with Crippen molar-refractivity contribution in [1.29, 1.82) is 0 Å². The molecule has 0 fully saturated rings. The van der Waals surface area contributed by atoms with Crippen molar-refractivity contribution < 1.29 is 19.4 Å². The fraction of sp³-hybridized carbons (Fsp3) is 0.818. The summed E-state index contributed by atoms with van der Waals surface area (Å²) in [7, 11) is 0. The molecule has 4 nitrogen and oxygen atoms in total. The molecule has 0 aliphatic rings. The number of unbranched alkanes of at least 4 members (excludes halogenated alkanes) is 2. The van der Waals surface area contributed by atoms with Crippen LogP contribution in [0.25, 0.3) is 0 Å². The molecule has 1 unspecified atom stereocenters. The number of ether oxygens (including phenoxy) is 1. The molecule has 0 heterocycles. The molecule has 0 bridgehead atoms. The predicted molar refractivity (Wildman–Crippen MR) is 56.6 cm³/mol. The van der Waals surface area contributed by atoms with Gasteiger partial charge in [-0.25, -0.2) is 0 Å². The number of hydrogen-bond acceptors (Lipinski definition) is 3. The molecule has 0 aromatic heterocycles. The van der Waals surface area contributed by atoms with Crippen LogP contribution in [0.3, 0.4) is 0 Å². The van der Waals surface area contributed by atoms with Gasteiger partial charge in [0.25, 0.3) is 0 Å². The summed E-state index contributed by atoms with van der Waals surface area (Å²) >= 11 is 0. The maximum Gasteiger partial charge on any atom is 0.317 e. The summed E-state index contributed by atoms with van der Waals surface area (Å²) in [5, 5.41) is 8.38. The molecule has 0 radical (unpaired) electrons. The van der Waals surface area contributed by atoms with E-state index in [1.54, 1.807) is 0 Å². The molecule has 1 atom stereocenters. The van der Waals surface area contributed by atoms with Crippen molar-refractivity contribution in [2.75, 3.05) is 0 Å². The first-order chi connectivity index (χ1) is 7.10. The van der Waals surface area contributed by atoms with Gasteiger partial charge in [-0.15, -0.1) is 0 Å². The minimum Gasteiger partial charge on any atom is -0.481 e. The van der Waals surface area contributed by atoms with Crippen LogP contribution in [0.5, 0.6) is 0 Å². The Morgan fingerprint density at radius 1 is 1.27 bits per heavy atom. The third-order valence-corrected chi connectivity index (χ3v) is 2.18. The number of esters is 1. The van der Waals surface area contributed by atoms with Crippen LogP contribution < -0.4 is 0 Å². The average molecular weight is 216 g/mol. The molecule has 15 heavy (non-hydrogen) atoms. The van der Waals surface area contributed by atoms with Crippen molar-refractivity contribution in [1.82, 2.24) is 0 Å². The van der Waals surface area contributed by atoms with Gasteiger partial charge in [0.2, 0.25) is 0 Å². The lowest BCUT2D eigenvalue weighted by Gasteiger charge is -2.15. The molecule has 1 N–H and O–H groups in total. The van der Waals surface area contributed by atoms with Gasteiger partial charge in [-0.3, -0.25) is 9.59 Å². The second-order valence-electron chi connectivity index (χ2n) is 3.59. The normalized spacial score (nSPS) is 12.1. The van der Waals surface area contributed by atoms with Crippen LogP contribution in [0.2, 0.25) is 0 Å². The van der Waals surface area contributed by atoms with E-state index in [0.717, 1.165) is 32.1 Å². The van der Waals surface area contributed by atoms with E-state index in [2.05, 4.69) is 6.92 Å². The molecule has 0 amide bonds. The summed E-state index contributed by atoms with van der Waals surface area (Å²) in [6.07, 6.45) is 4.18. The Kier molecular flexibility index (Phi) is 7.68. The molecule has 0 aromatic rings. The Bertz CT molecular complexity index is 201. The van der Waals surface area contributed by atoms with Crippen molar-refractivity contribution in [3.05, 3.63) is 0 Å². The topological polar surface area (TPSA) is 63.6 Å². The number of hydrogen-bond donors (Lipinski definition) is 1. The third-order valence-electron chi connectivity index (χ3n) is 2.18. The zero-order valence-corrected chi connectivity index (χ0v) is 9.49. The Morgan fingerprint density at radius 2 is 1.93 bits per heavy atom. The lowest BCUT2D eigenvalue weighted by Crippen LogP contribution is -2.19. The second-order valence-corrected chi connectivity index (χ2v) is 3.59. The number of carbonyl (C=O) groups excluding carboxylic acids is 1. The first-order valence-corrected chi connectivity index (χ1v) is 5.51. The summed E-state index contributed by atoms with van der Waals surface area (Å²) in [6.45, 7) is 4.04. The van der Waals surface area contributed by atoms with Gasteiger partial charge >= 0.3 is 11.9 Å². The molecule has 0 aliphatic carbocycles. The van der Waals surface area contributed by atoms with Gasteiger partial charge in [0.05, 0.1) is 0 Å². The van der Waals surface area contributed by atoms with Crippen LogP contribution in [0.1, 0.15) is 52.4 Å². The number of carboxylic acids is 1. The zero-order chi connectivity index (χ0) is 11.7. The number of carbonyl (C=O) groups is 2. The van der Waals surface area contributed by atoms with E-state index in [0.29, 0.717) is 0 Å². The van der Waals surface area contributed by atoms with Crippen molar-refractivity contribution >= 4 is 11.9 Å². The fourth-order valence-electron chi connectivity index (χ4n) is 1.32. The van der Waals surface area contributed by atoms with Gasteiger partial charge in [-0.2, -0.15) is 0 Å². The fourth-order valence-corrected chi connectivity index (χ4v) is 1.32. The Labute approximate surface area is 90.6 Å². The minimum atomic E-state index is -1.14. The summed E-state index contributed by atoms with van der Waals surface area (Å²) in [4.78, 5) is 21.3. The molecule has 0 rings (SSSR count). The van der Waals surface area contributed by atoms with Gasteiger partial charge in [-0.05, 0) is 19.3 Å². The highest BCUT2D eigenvalue weighted by atomic mass is 16.5. The summed E-state index contributed by atoms with van der Waals surface area (Å²) in [6, 6.07) is 0. The Morgan fingerprint density at radius 3 is 2.40 bits per heavy atom. The van der Waals surface area contributed by atoms with Crippen molar-refractivity contribution in [3.8, 4) is 0 Å². The van der Waals surface area contributed by atoms with E-state index in [4.69, 9.17) is 9.84 Å². The zero-order valence-electron chi connectivity index (χ0n) is 9.49. The summed E-state index contributed by atoms with van der Waals surface area (Å²) in [5.41, 5.74) is 0. The van der Waals surface area contributed by atoms with Crippen molar-refractivity contribution in [3.63, 3.8) is 0 Å². The van der Waals surface area contributed by atoms with Crippen molar-refractivity contribution in [2.45, 2.75) is 58.5 Å².